The number of amides is 3. The molecule has 0 radical (unpaired) electrons. The average Bonchev–Trinajstić information content (AvgIpc) is 3.36. The van der Waals surface area contributed by atoms with Crippen LogP contribution in [0.2, 0.25) is 0 Å². The van der Waals surface area contributed by atoms with Gasteiger partial charge in [0.05, 0.1) is 12.1 Å². The molecule has 1 aliphatic heterocycles. The number of hydrogen-bond donors (Lipinski definition) is 7. The van der Waals surface area contributed by atoms with E-state index >= 15 is 0 Å². The molecule has 194 valence electrons. The number of rotatable bonds is 12. The van der Waals surface area contributed by atoms with Gasteiger partial charge in [0, 0.05) is 6.42 Å². The summed E-state index contributed by atoms with van der Waals surface area (Å²) in [5, 5.41) is 39.8. The van der Waals surface area contributed by atoms with Gasteiger partial charge in [-0.25, -0.2) is 4.79 Å². The first-order chi connectivity index (χ1) is 16.5. The van der Waals surface area contributed by atoms with Crippen LogP contribution in [0.25, 0.3) is 0 Å². The van der Waals surface area contributed by atoms with Gasteiger partial charge >= 0.3 is 5.97 Å². The molecule has 1 aromatic rings. The topological polar surface area (TPSA) is 177 Å². The first-order valence-corrected chi connectivity index (χ1v) is 11.9. The van der Waals surface area contributed by atoms with Gasteiger partial charge in [0.2, 0.25) is 17.7 Å². The van der Waals surface area contributed by atoms with E-state index in [4.69, 9.17) is 0 Å². The van der Waals surface area contributed by atoms with Crippen molar-refractivity contribution in [3.05, 3.63) is 29.8 Å². The number of carboxylic acid groups (broad SMARTS) is 1. The van der Waals surface area contributed by atoms with E-state index in [1.807, 2.05) is 6.92 Å². The van der Waals surface area contributed by atoms with Gasteiger partial charge < -0.3 is 36.6 Å². The summed E-state index contributed by atoms with van der Waals surface area (Å²) in [6.07, 6.45) is 0.710. The molecular formula is C24H36N4O7. The third kappa shape index (κ3) is 8.22. The van der Waals surface area contributed by atoms with Crippen LogP contribution in [0.15, 0.2) is 24.3 Å². The van der Waals surface area contributed by atoms with Crippen molar-refractivity contribution in [1.82, 2.24) is 21.3 Å². The highest BCUT2D eigenvalue weighted by atomic mass is 16.4. The van der Waals surface area contributed by atoms with Crippen LogP contribution in [0.5, 0.6) is 5.75 Å². The Morgan fingerprint density at radius 2 is 1.66 bits per heavy atom. The highest BCUT2D eigenvalue weighted by molar-refractivity contribution is 5.94. The van der Waals surface area contributed by atoms with Crippen LogP contribution in [0, 0.1) is 5.92 Å². The Kier molecular flexibility index (Phi) is 10.5. The maximum Gasteiger partial charge on any atom is 0.326 e. The number of hydrogen-bond acceptors (Lipinski definition) is 7. The Morgan fingerprint density at radius 3 is 2.17 bits per heavy atom. The second kappa shape index (κ2) is 13.1. The summed E-state index contributed by atoms with van der Waals surface area (Å²) in [6, 6.07) is 1.87. The predicted octanol–water partition coefficient (Wildman–Crippen LogP) is -0.347. The molecule has 6 unspecified atom stereocenters. The van der Waals surface area contributed by atoms with Crippen LogP contribution in [-0.2, 0) is 25.6 Å². The summed E-state index contributed by atoms with van der Waals surface area (Å²) in [5.74, 6) is -3.41. The lowest BCUT2D eigenvalue weighted by Crippen LogP contribution is -2.61. The van der Waals surface area contributed by atoms with Crippen LogP contribution in [-0.4, -0.2) is 75.8 Å². The standard InChI is InChI=1S/C24H36N4O7/c1-4-13(2)19(22(32)26-18(24(34)35)12-15-7-9-16(30)10-8-15)27-23(33)20(14(3)29)28-21(31)17-6-5-11-25-17/h7-10,13-14,17-20,25,29-30H,4-6,11-12H2,1-3H3,(H,26,32)(H,27,33)(H,28,31)(H,34,35). The highest BCUT2D eigenvalue weighted by Gasteiger charge is 2.35. The lowest BCUT2D eigenvalue weighted by Gasteiger charge is -2.29. The molecule has 7 N–H and O–H groups in total. The molecule has 0 aliphatic carbocycles. The number of aliphatic carboxylic acids is 1. The third-order valence-electron chi connectivity index (χ3n) is 6.22. The number of aliphatic hydroxyl groups excluding tert-OH is 1. The molecule has 0 spiro atoms. The molecule has 1 heterocycles. The number of aromatic hydroxyl groups is 1. The largest absolute Gasteiger partial charge is 0.508 e. The van der Waals surface area contributed by atoms with E-state index < -0.39 is 54.0 Å². The number of carbonyl (C=O) groups excluding carboxylic acids is 3. The first-order valence-electron chi connectivity index (χ1n) is 11.9. The molecular weight excluding hydrogens is 456 g/mol. The monoisotopic (exact) mass is 492 g/mol. The zero-order valence-electron chi connectivity index (χ0n) is 20.3. The summed E-state index contributed by atoms with van der Waals surface area (Å²) < 4.78 is 0. The van der Waals surface area contributed by atoms with Crippen molar-refractivity contribution >= 4 is 23.7 Å². The summed E-state index contributed by atoms with van der Waals surface area (Å²) in [5.41, 5.74) is 0.594. The molecule has 1 fully saturated rings. The van der Waals surface area contributed by atoms with E-state index in [9.17, 15) is 34.5 Å². The fourth-order valence-electron chi connectivity index (χ4n) is 3.84. The van der Waals surface area contributed by atoms with Gasteiger partial charge in [-0.05, 0) is 49.9 Å². The number of carbonyl (C=O) groups is 4. The van der Waals surface area contributed by atoms with E-state index in [1.165, 1.54) is 19.1 Å². The molecule has 35 heavy (non-hydrogen) atoms. The van der Waals surface area contributed by atoms with Crippen molar-refractivity contribution in [3.63, 3.8) is 0 Å². The second-order valence-corrected chi connectivity index (χ2v) is 9.02. The van der Waals surface area contributed by atoms with E-state index in [2.05, 4.69) is 21.3 Å². The van der Waals surface area contributed by atoms with Crippen molar-refractivity contribution < 1.29 is 34.5 Å². The molecule has 1 aromatic carbocycles. The van der Waals surface area contributed by atoms with Crippen LogP contribution in [0.1, 0.15) is 45.6 Å². The Bertz CT molecular complexity index is 884. The molecule has 1 saturated heterocycles. The quantitative estimate of drug-likeness (QED) is 0.207. The normalized spacial score (nSPS) is 19.6. The van der Waals surface area contributed by atoms with Gasteiger partial charge in [-0.15, -0.1) is 0 Å². The lowest BCUT2D eigenvalue weighted by molar-refractivity contribution is -0.142. The summed E-state index contributed by atoms with van der Waals surface area (Å²) in [6.45, 7) is 5.61. The van der Waals surface area contributed by atoms with Crippen molar-refractivity contribution in [2.45, 2.75) is 76.7 Å². The summed E-state index contributed by atoms with van der Waals surface area (Å²) in [7, 11) is 0. The fourth-order valence-corrected chi connectivity index (χ4v) is 3.84. The minimum atomic E-state index is -1.28. The van der Waals surface area contributed by atoms with Crippen molar-refractivity contribution in [2.24, 2.45) is 5.92 Å². The zero-order chi connectivity index (χ0) is 26.1. The van der Waals surface area contributed by atoms with Crippen molar-refractivity contribution in [1.29, 1.82) is 0 Å². The van der Waals surface area contributed by atoms with Gasteiger partial charge in [-0.3, -0.25) is 14.4 Å². The van der Waals surface area contributed by atoms with Gasteiger partial charge in [0.1, 0.15) is 23.9 Å². The zero-order valence-corrected chi connectivity index (χ0v) is 20.3. The van der Waals surface area contributed by atoms with Crippen molar-refractivity contribution in [2.75, 3.05) is 6.54 Å². The van der Waals surface area contributed by atoms with E-state index in [0.29, 0.717) is 24.9 Å². The van der Waals surface area contributed by atoms with Crippen LogP contribution in [0.4, 0.5) is 0 Å². The van der Waals surface area contributed by atoms with Gasteiger partial charge in [0.25, 0.3) is 0 Å². The predicted molar refractivity (Wildman–Crippen MR) is 127 cm³/mol. The van der Waals surface area contributed by atoms with Gasteiger partial charge in [-0.2, -0.15) is 0 Å². The van der Waals surface area contributed by atoms with Gasteiger partial charge in [-0.1, -0.05) is 32.4 Å². The van der Waals surface area contributed by atoms with Crippen molar-refractivity contribution in [3.8, 4) is 5.75 Å². The number of phenols is 1. The maximum absolute atomic E-state index is 13.1. The van der Waals surface area contributed by atoms with E-state index in [0.717, 1.165) is 6.42 Å². The minimum Gasteiger partial charge on any atom is -0.508 e. The number of phenolic OH excluding ortho intramolecular Hbond substituents is 1. The first kappa shape index (κ1) is 28.1. The highest BCUT2D eigenvalue weighted by Crippen LogP contribution is 2.13. The fraction of sp³-hybridized carbons (Fsp3) is 0.583. The van der Waals surface area contributed by atoms with E-state index in [1.54, 1.807) is 19.1 Å². The van der Waals surface area contributed by atoms with Crippen LogP contribution in [0.3, 0.4) is 0 Å². The Hall–Kier alpha value is -3.18. The molecule has 6 atom stereocenters. The Labute approximate surface area is 204 Å². The number of benzene rings is 1. The molecule has 11 nitrogen and oxygen atoms in total. The molecule has 0 saturated carbocycles. The Morgan fingerprint density at radius 1 is 1.03 bits per heavy atom. The molecule has 2 rings (SSSR count). The molecule has 0 aromatic heterocycles. The summed E-state index contributed by atoms with van der Waals surface area (Å²) in [4.78, 5) is 50.3. The minimum absolute atomic E-state index is 0.0245. The lowest BCUT2D eigenvalue weighted by atomic mass is 9.96. The molecule has 11 heteroatoms. The molecule has 1 aliphatic rings. The molecule has 0 bridgehead atoms. The maximum atomic E-state index is 13.1. The third-order valence-corrected chi connectivity index (χ3v) is 6.22. The Balaban J connectivity index is 2.11. The van der Waals surface area contributed by atoms with Gasteiger partial charge in [0.15, 0.2) is 0 Å². The number of nitrogens with one attached hydrogen (secondary N) is 4. The SMILES string of the molecule is CCC(C)C(NC(=O)C(NC(=O)C1CCCN1)C(C)O)C(=O)NC(Cc1ccc(O)cc1)C(=O)O. The summed E-state index contributed by atoms with van der Waals surface area (Å²) >= 11 is 0. The molecule has 3 amide bonds. The van der Waals surface area contributed by atoms with Crippen LogP contribution < -0.4 is 21.3 Å². The number of aliphatic hydroxyl groups is 1. The smallest absolute Gasteiger partial charge is 0.326 e. The van der Waals surface area contributed by atoms with Crippen LogP contribution >= 0.6 is 0 Å². The average molecular weight is 493 g/mol. The number of carboxylic acids is 1. The van der Waals surface area contributed by atoms with E-state index in [-0.39, 0.29) is 18.1 Å². The second-order valence-electron chi connectivity index (χ2n) is 9.02.